The molecule has 0 unspecified atom stereocenters. The molecule has 0 spiro atoms. The highest BCUT2D eigenvalue weighted by Crippen LogP contribution is 2.05. The monoisotopic (exact) mass is 252 g/mol. The highest BCUT2D eigenvalue weighted by atomic mass is 127. The number of H-pyrrole nitrogens is 1. The molecule has 0 aliphatic heterocycles. The van der Waals surface area contributed by atoms with Gasteiger partial charge in [0.25, 0.3) is 5.56 Å². The van der Waals surface area contributed by atoms with Gasteiger partial charge in [-0.1, -0.05) is 0 Å². The topological polar surface area (TPSA) is 83.8 Å². The summed E-state index contributed by atoms with van der Waals surface area (Å²) >= 11 is 1.86. The summed E-state index contributed by atoms with van der Waals surface area (Å²) in [7, 11) is 0. The summed E-state index contributed by atoms with van der Waals surface area (Å²) < 4.78 is 0.461. The summed E-state index contributed by atoms with van der Waals surface area (Å²) in [6.07, 6.45) is 1.29. The van der Waals surface area contributed by atoms with Gasteiger partial charge in [-0.15, -0.1) is 0 Å². The Bertz CT molecular complexity index is 283. The molecule has 0 aliphatic carbocycles. The number of hydrazine groups is 1. The van der Waals surface area contributed by atoms with Gasteiger partial charge in [0.15, 0.2) is 5.82 Å². The highest BCUT2D eigenvalue weighted by Gasteiger charge is 2.00. The number of hydrogen-bond acceptors (Lipinski definition) is 4. The van der Waals surface area contributed by atoms with Crippen molar-refractivity contribution in [2.75, 3.05) is 5.43 Å². The smallest absolute Gasteiger partial charge is 0.266 e. The van der Waals surface area contributed by atoms with E-state index in [0.29, 0.717) is 9.39 Å². The minimum absolute atomic E-state index is 0.191. The SMILES string of the molecule is NNc1nc[nH]c(=O)c1I. The van der Waals surface area contributed by atoms with E-state index in [1.54, 1.807) is 0 Å². The largest absolute Gasteiger partial charge is 0.312 e. The number of nitrogen functional groups attached to an aromatic ring is 1. The Hall–Kier alpha value is -0.630. The lowest BCUT2D eigenvalue weighted by molar-refractivity contribution is 1.08. The van der Waals surface area contributed by atoms with Gasteiger partial charge in [-0.3, -0.25) is 4.79 Å². The average molecular weight is 252 g/mol. The molecule has 0 atom stereocenters. The lowest BCUT2D eigenvalue weighted by Gasteiger charge is -1.97. The highest BCUT2D eigenvalue weighted by molar-refractivity contribution is 14.1. The van der Waals surface area contributed by atoms with E-state index in [0.717, 1.165) is 0 Å². The summed E-state index contributed by atoms with van der Waals surface area (Å²) in [5, 5.41) is 0. The Labute approximate surface area is 70.2 Å². The Morgan fingerprint density at radius 3 is 3.00 bits per heavy atom. The van der Waals surface area contributed by atoms with Gasteiger partial charge in [0, 0.05) is 0 Å². The van der Waals surface area contributed by atoms with Gasteiger partial charge >= 0.3 is 0 Å². The molecular weight excluding hydrogens is 247 g/mol. The third-order valence-corrected chi connectivity index (χ3v) is 1.93. The molecule has 1 heterocycles. The van der Waals surface area contributed by atoms with Gasteiger partial charge in [-0.05, 0) is 22.6 Å². The first-order valence-corrected chi connectivity index (χ1v) is 3.53. The van der Waals surface area contributed by atoms with E-state index >= 15 is 0 Å². The van der Waals surface area contributed by atoms with Crippen LogP contribution in [0.1, 0.15) is 0 Å². The maximum Gasteiger partial charge on any atom is 0.266 e. The molecule has 1 aromatic rings. The fourth-order valence-electron chi connectivity index (χ4n) is 0.484. The van der Waals surface area contributed by atoms with Gasteiger partial charge < -0.3 is 10.4 Å². The molecule has 0 aliphatic rings. The van der Waals surface area contributed by atoms with Crippen LogP contribution in [0.5, 0.6) is 0 Å². The Morgan fingerprint density at radius 1 is 1.80 bits per heavy atom. The van der Waals surface area contributed by atoms with Crippen molar-refractivity contribution in [1.82, 2.24) is 9.97 Å². The molecule has 10 heavy (non-hydrogen) atoms. The van der Waals surface area contributed by atoms with Gasteiger partial charge in [-0.25, -0.2) is 10.8 Å². The van der Waals surface area contributed by atoms with Crippen LogP contribution in [0.2, 0.25) is 0 Å². The Balaban J connectivity index is 3.28. The van der Waals surface area contributed by atoms with Crippen molar-refractivity contribution in [1.29, 1.82) is 0 Å². The van der Waals surface area contributed by atoms with Crippen molar-refractivity contribution in [2.45, 2.75) is 0 Å². The third-order valence-electron chi connectivity index (χ3n) is 0.933. The zero-order valence-electron chi connectivity index (χ0n) is 4.89. The van der Waals surface area contributed by atoms with Crippen LogP contribution in [0.4, 0.5) is 5.82 Å². The van der Waals surface area contributed by atoms with Gasteiger partial charge in [-0.2, -0.15) is 0 Å². The first-order chi connectivity index (χ1) is 4.75. The molecule has 54 valence electrons. The molecule has 0 fully saturated rings. The van der Waals surface area contributed by atoms with Crippen LogP contribution in [0.3, 0.4) is 0 Å². The molecule has 5 nitrogen and oxygen atoms in total. The minimum Gasteiger partial charge on any atom is -0.312 e. The number of nitrogens with zero attached hydrogens (tertiary/aromatic N) is 1. The quantitative estimate of drug-likeness (QED) is 0.362. The van der Waals surface area contributed by atoms with E-state index in [9.17, 15) is 4.79 Å². The normalized spacial score (nSPS) is 9.40. The zero-order chi connectivity index (χ0) is 7.56. The number of halogens is 1. The van der Waals surface area contributed by atoms with Crippen molar-refractivity contribution in [3.05, 3.63) is 20.3 Å². The van der Waals surface area contributed by atoms with Gasteiger partial charge in [0.1, 0.15) is 3.57 Å². The van der Waals surface area contributed by atoms with E-state index in [1.165, 1.54) is 6.33 Å². The molecule has 0 aromatic carbocycles. The van der Waals surface area contributed by atoms with Crippen LogP contribution in [0.15, 0.2) is 11.1 Å². The maximum absolute atomic E-state index is 10.8. The second kappa shape index (κ2) is 2.97. The standard InChI is InChI=1S/C4H5IN4O/c5-2-3(9-6)7-1-8-4(2)10/h1H,6H2,(H2,7,8,9,10). The molecule has 0 bridgehead atoms. The molecule has 1 aromatic heterocycles. The fraction of sp³-hybridized carbons (Fsp3) is 0. The van der Waals surface area contributed by atoms with Crippen molar-refractivity contribution in [3.8, 4) is 0 Å². The van der Waals surface area contributed by atoms with E-state index in [1.807, 2.05) is 22.6 Å². The van der Waals surface area contributed by atoms with E-state index in [-0.39, 0.29) is 5.56 Å². The number of anilines is 1. The number of rotatable bonds is 1. The molecule has 4 N–H and O–H groups in total. The molecule has 0 saturated heterocycles. The summed E-state index contributed by atoms with van der Waals surface area (Å²) in [6.45, 7) is 0. The lowest BCUT2D eigenvalue weighted by atomic mass is 10.6. The zero-order valence-corrected chi connectivity index (χ0v) is 7.05. The maximum atomic E-state index is 10.8. The van der Waals surface area contributed by atoms with E-state index in [4.69, 9.17) is 5.84 Å². The third kappa shape index (κ3) is 1.27. The van der Waals surface area contributed by atoms with Gasteiger partial charge in [0.2, 0.25) is 0 Å². The molecular formula is C4H5IN4O. The predicted octanol–water partition coefficient (Wildman–Crippen LogP) is -0.340. The summed E-state index contributed by atoms with van der Waals surface area (Å²) in [4.78, 5) is 17.0. The van der Waals surface area contributed by atoms with Crippen LogP contribution in [-0.4, -0.2) is 9.97 Å². The van der Waals surface area contributed by atoms with Crippen LogP contribution in [-0.2, 0) is 0 Å². The molecule has 0 saturated carbocycles. The second-order valence-corrected chi connectivity index (χ2v) is 2.62. The number of hydrogen-bond donors (Lipinski definition) is 3. The molecule has 6 heteroatoms. The second-order valence-electron chi connectivity index (χ2n) is 1.54. The van der Waals surface area contributed by atoms with Crippen molar-refractivity contribution in [2.24, 2.45) is 5.84 Å². The van der Waals surface area contributed by atoms with Crippen molar-refractivity contribution >= 4 is 28.4 Å². The first-order valence-electron chi connectivity index (χ1n) is 2.45. The average Bonchev–Trinajstić information content (AvgIpc) is 1.95. The summed E-state index contributed by atoms with van der Waals surface area (Å²) in [6, 6.07) is 0. The van der Waals surface area contributed by atoms with Crippen LogP contribution >= 0.6 is 22.6 Å². The first kappa shape index (κ1) is 7.48. The minimum atomic E-state index is -0.191. The number of aromatic nitrogens is 2. The fourth-order valence-corrected chi connectivity index (χ4v) is 0.934. The van der Waals surface area contributed by atoms with E-state index in [2.05, 4.69) is 15.4 Å². The van der Waals surface area contributed by atoms with Crippen LogP contribution < -0.4 is 16.8 Å². The van der Waals surface area contributed by atoms with Crippen molar-refractivity contribution < 1.29 is 0 Å². The van der Waals surface area contributed by atoms with Crippen LogP contribution in [0.25, 0.3) is 0 Å². The lowest BCUT2D eigenvalue weighted by Crippen LogP contribution is -2.17. The summed E-state index contributed by atoms with van der Waals surface area (Å²) in [5.74, 6) is 5.44. The predicted molar refractivity (Wildman–Crippen MR) is 45.4 cm³/mol. The van der Waals surface area contributed by atoms with Crippen LogP contribution in [0, 0.1) is 3.57 Å². The van der Waals surface area contributed by atoms with Crippen molar-refractivity contribution in [3.63, 3.8) is 0 Å². The summed E-state index contributed by atoms with van der Waals surface area (Å²) in [5.41, 5.74) is 2.11. The molecule has 1 rings (SSSR count). The Morgan fingerprint density at radius 2 is 2.50 bits per heavy atom. The number of aromatic amines is 1. The Kier molecular flexibility index (Phi) is 2.22. The van der Waals surface area contributed by atoms with E-state index < -0.39 is 0 Å². The van der Waals surface area contributed by atoms with Gasteiger partial charge in [0.05, 0.1) is 6.33 Å². The number of nitrogens with two attached hydrogens (primary N) is 1. The number of nitrogens with one attached hydrogen (secondary N) is 2. The molecule has 0 radical (unpaired) electrons. The molecule has 0 amide bonds.